The summed E-state index contributed by atoms with van der Waals surface area (Å²) in [6.07, 6.45) is 6.34. The van der Waals surface area contributed by atoms with Gasteiger partial charge in [0.15, 0.2) is 5.13 Å². The Morgan fingerprint density at radius 1 is 1.11 bits per heavy atom. The normalized spacial score (nSPS) is 14.6. The van der Waals surface area contributed by atoms with E-state index in [1.807, 2.05) is 5.38 Å². The molecule has 3 N–H and O–H groups in total. The molecule has 144 valence electrons. The van der Waals surface area contributed by atoms with Gasteiger partial charge in [0.2, 0.25) is 5.91 Å². The van der Waals surface area contributed by atoms with Crippen molar-refractivity contribution in [1.29, 1.82) is 0 Å². The van der Waals surface area contributed by atoms with Crippen molar-refractivity contribution >= 4 is 34.1 Å². The third-order valence-electron chi connectivity index (χ3n) is 4.45. The maximum atomic E-state index is 12.9. The van der Waals surface area contributed by atoms with Crippen molar-refractivity contribution < 1.29 is 14.0 Å². The Balaban J connectivity index is 1.41. The monoisotopic (exact) mass is 390 g/mol. The van der Waals surface area contributed by atoms with Gasteiger partial charge in [0.05, 0.1) is 5.69 Å². The molecule has 1 saturated carbocycles. The Kier molecular flexibility index (Phi) is 6.75. The van der Waals surface area contributed by atoms with E-state index >= 15 is 0 Å². The number of aromatic nitrogens is 1. The lowest BCUT2D eigenvalue weighted by Gasteiger charge is -2.22. The molecule has 1 heterocycles. The molecule has 1 fully saturated rings. The molecule has 0 bridgehead atoms. The summed E-state index contributed by atoms with van der Waals surface area (Å²) in [5.41, 5.74) is 1.31. The first-order valence-electron chi connectivity index (χ1n) is 9.16. The van der Waals surface area contributed by atoms with Gasteiger partial charge in [-0.15, -0.1) is 11.3 Å². The smallest absolute Gasteiger partial charge is 0.321 e. The second kappa shape index (κ2) is 9.45. The molecular weight excluding hydrogens is 367 g/mol. The standard InChI is InChI=1S/C19H23FN4O2S/c20-13-6-8-15(9-7-13)21-17(25)11-10-16-12-27-19(23-16)24-18(26)22-14-4-2-1-3-5-14/h6-9,12,14H,1-5,10-11H2,(H,21,25)(H2,22,23,24,26). The van der Waals surface area contributed by atoms with Crippen molar-refractivity contribution in [3.63, 3.8) is 0 Å². The number of anilines is 2. The molecule has 8 heteroatoms. The van der Waals surface area contributed by atoms with Gasteiger partial charge in [-0.1, -0.05) is 19.3 Å². The summed E-state index contributed by atoms with van der Waals surface area (Å²) in [6, 6.07) is 5.65. The quantitative estimate of drug-likeness (QED) is 0.687. The molecule has 1 aromatic heterocycles. The number of urea groups is 1. The fourth-order valence-corrected chi connectivity index (χ4v) is 3.78. The Hall–Kier alpha value is -2.48. The van der Waals surface area contributed by atoms with Crippen molar-refractivity contribution in [2.45, 2.75) is 51.0 Å². The van der Waals surface area contributed by atoms with E-state index in [0.717, 1.165) is 31.4 Å². The first-order valence-corrected chi connectivity index (χ1v) is 10.0. The van der Waals surface area contributed by atoms with Crippen LogP contribution < -0.4 is 16.0 Å². The number of nitrogens with zero attached hydrogens (tertiary/aromatic N) is 1. The van der Waals surface area contributed by atoms with Gasteiger partial charge in [-0.3, -0.25) is 10.1 Å². The minimum absolute atomic E-state index is 0.167. The molecule has 27 heavy (non-hydrogen) atoms. The van der Waals surface area contributed by atoms with Crippen molar-refractivity contribution in [2.75, 3.05) is 10.6 Å². The zero-order valence-corrected chi connectivity index (χ0v) is 15.8. The summed E-state index contributed by atoms with van der Waals surface area (Å²) in [5.74, 6) is -0.512. The SMILES string of the molecule is O=C(CCc1csc(NC(=O)NC2CCCCC2)n1)Nc1ccc(F)cc1. The number of aryl methyl sites for hydroxylation is 1. The predicted molar refractivity (Wildman–Crippen MR) is 104 cm³/mol. The molecule has 0 aliphatic heterocycles. The molecule has 0 radical (unpaired) electrons. The highest BCUT2D eigenvalue weighted by Gasteiger charge is 2.16. The summed E-state index contributed by atoms with van der Waals surface area (Å²) in [6.45, 7) is 0. The average molecular weight is 390 g/mol. The number of carbonyl (C=O) groups is 2. The number of rotatable bonds is 6. The Morgan fingerprint density at radius 3 is 2.59 bits per heavy atom. The highest BCUT2D eigenvalue weighted by molar-refractivity contribution is 7.13. The van der Waals surface area contributed by atoms with Crippen molar-refractivity contribution in [1.82, 2.24) is 10.3 Å². The van der Waals surface area contributed by atoms with Crippen LogP contribution >= 0.6 is 11.3 Å². The summed E-state index contributed by atoms with van der Waals surface area (Å²) in [4.78, 5) is 28.4. The van der Waals surface area contributed by atoms with Crippen molar-refractivity contribution in [2.24, 2.45) is 0 Å². The van der Waals surface area contributed by atoms with Crippen molar-refractivity contribution in [3.05, 3.63) is 41.2 Å². The Bertz CT molecular complexity index is 772. The Labute approximate surface area is 161 Å². The average Bonchev–Trinajstić information content (AvgIpc) is 3.10. The zero-order valence-electron chi connectivity index (χ0n) is 15.0. The number of hydrogen-bond acceptors (Lipinski definition) is 4. The third kappa shape index (κ3) is 6.32. The molecule has 1 aromatic carbocycles. The van der Waals surface area contributed by atoms with E-state index in [0.29, 0.717) is 17.2 Å². The summed E-state index contributed by atoms with van der Waals surface area (Å²) in [5, 5.41) is 10.8. The van der Waals surface area contributed by atoms with E-state index in [1.165, 1.54) is 42.0 Å². The molecule has 0 saturated heterocycles. The summed E-state index contributed by atoms with van der Waals surface area (Å²) >= 11 is 1.34. The minimum Gasteiger partial charge on any atom is -0.335 e. The molecule has 1 aliphatic carbocycles. The van der Waals surface area contributed by atoms with Crippen LogP contribution in [0.25, 0.3) is 0 Å². The lowest BCUT2D eigenvalue weighted by atomic mass is 9.96. The van der Waals surface area contributed by atoms with Gasteiger partial charge in [-0.25, -0.2) is 14.2 Å². The molecule has 1 aliphatic rings. The second-order valence-corrected chi connectivity index (χ2v) is 7.49. The second-order valence-electron chi connectivity index (χ2n) is 6.63. The highest BCUT2D eigenvalue weighted by Crippen LogP contribution is 2.19. The maximum absolute atomic E-state index is 12.9. The van der Waals surface area contributed by atoms with E-state index in [4.69, 9.17) is 0 Å². The molecule has 0 atom stereocenters. The number of amides is 3. The van der Waals surface area contributed by atoms with Crippen molar-refractivity contribution in [3.8, 4) is 0 Å². The fraction of sp³-hybridized carbons (Fsp3) is 0.421. The number of hydrogen-bond donors (Lipinski definition) is 3. The number of benzene rings is 1. The lowest BCUT2D eigenvalue weighted by Crippen LogP contribution is -2.38. The largest absolute Gasteiger partial charge is 0.335 e. The minimum atomic E-state index is -0.344. The van der Waals surface area contributed by atoms with E-state index in [1.54, 1.807) is 0 Å². The van der Waals surface area contributed by atoms with Gasteiger partial charge in [0.1, 0.15) is 5.82 Å². The van der Waals surface area contributed by atoms with Gasteiger partial charge in [0, 0.05) is 23.5 Å². The summed E-state index contributed by atoms with van der Waals surface area (Å²) in [7, 11) is 0. The van der Waals surface area contributed by atoms with Crippen LogP contribution in [-0.2, 0) is 11.2 Å². The van der Waals surface area contributed by atoms with Gasteiger partial charge in [-0.2, -0.15) is 0 Å². The number of halogens is 1. The van der Waals surface area contributed by atoms with E-state index in [9.17, 15) is 14.0 Å². The molecular formula is C19H23FN4O2S. The molecule has 0 unspecified atom stereocenters. The fourth-order valence-electron chi connectivity index (χ4n) is 3.04. The van der Waals surface area contributed by atoms with Gasteiger partial charge in [-0.05, 0) is 43.5 Å². The number of thiazole rings is 1. The Morgan fingerprint density at radius 2 is 1.85 bits per heavy atom. The van der Waals surface area contributed by atoms with Crippen LogP contribution in [0.4, 0.5) is 20.0 Å². The van der Waals surface area contributed by atoms with Crippen LogP contribution in [0.15, 0.2) is 29.6 Å². The van der Waals surface area contributed by atoms with Gasteiger partial charge < -0.3 is 10.6 Å². The van der Waals surface area contributed by atoms with Gasteiger partial charge in [0.25, 0.3) is 0 Å². The van der Waals surface area contributed by atoms with E-state index in [-0.39, 0.29) is 30.2 Å². The topological polar surface area (TPSA) is 83.1 Å². The lowest BCUT2D eigenvalue weighted by molar-refractivity contribution is -0.116. The number of carbonyl (C=O) groups excluding carboxylic acids is 2. The highest BCUT2D eigenvalue weighted by atomic mass is 32.1. The van der Waals surface area contributed by atoms with E-state index in [2.05, 4.69) is 20.9 Å². The van der Waals surface area contributed by atoms with Crippen LogP contribution in [0.2, 0.25) is 0 Å². The first kappa shape index (κ1) is 19.3. The van der Waals surface area contributed by atoms with Crippen LogP contribution in [0, 0.1) is 5.82 Å². The van der Waals surface area contributed by atoms with Crippen LogP contribution in [0.1, 0.15) is 44.2 Å². The number of nitrogens with one attached hydrogen (secondary N) is 3. The molecule has 3 rings (SSSR count). The third-order valence-corrected chi connectivity index (χ3v) is 5.26. The maximum Gasteiger partial charge on any atom is 0.321 e. The molecule has 6 nitrogen and oxygen atoms in total. The molecule has 0 spiro atoms. The first-order chi connectivity index (χ1) is 13.1. The summed E-state index contributed by atoms with van der Waals surface area (Å²) < 4.78 is 12.9. The van der Waals surface area contributed by atoms with Crippen LogP contribution in [0.5, 0.6) is 0 Å². The molecule has 2 aromatic rings. The van der Waals surface area contributed by atoms with Gasteiger partial charge >= 0.3 is 6.03 Å². The van der Waals surface area contributed by atoms with E-state index < -0.39 is 0 Å². The van der Waals surface area contributed by atoms with Crippen LogP contribution in [0.3, 0.4) is 0 Å². The zero-order chi connectivity index (χ0) is 19.1. The predicted octanol–water partition coefficient (Wildman–Crippen LogP) is 4.31. The van der Waals surface area contributed by atoms with Crippen LogP contribution in [-0.4, -0.2) is 23.0 Å². The molecule has 3 amide bonds.